The van der Waals surface area contributed by atoms with E-state index in [1.807, 2.05) is 24.3 Å². The lowest BCUT2D eigenvalue weighted by Gasteiger charge is -2.09. The van der Waals surface area contributed by atoms with Gasteiger partial charge in [-0.2, -0.15) is 0 Å². The summed E-state index contributed by atoms with van der Waals surface area (Å²) in [5.41, 5.74) is 1.48. The fourth-order valence-electron chi connectivity index (χ4n) is 2.90. The number of hydrogen-bond acceptors (Lipinski definition) is 5. The molecule has 0 radical (unpaired) electrons. The van der Waals surface area contributed by atoms with E-state index >= 15 is 0 Å². The van der Waals surface area contributed by atoms with Crippen molar-refractivity contribution in [3.8, 4) is 11.6 Å². The Balaban J connectivity index is 1.69. The molecule has 0 saturated heterocycles. The zero-order valence-corrected chi connectivity index (χ0v) is 14.0. The summed E-state index contributed by atoms with van der Waals surface area (Å²) in [6.07, 6.45) is 1.53. The molecule has 0 aliphatic carbocycles. The number of nitro benzene ring substituents is 1. The second-order valence-electron chi connectivity index (χ2n) is 5.81. The maximum absolute atomic E-state index is 12.6. The van der Waals surface area contributed by atoms with Gasteiger partial charge < -0.3 is 14.3 Å². The second-order valence-corrected chi connectivity index (χ2v) is 5.81. The molecule has 0 unspecified atom stereocenters. The third-order valence-corrected chi connectivity index (χ3v) is 4.07. The fourth-order valence-corrected chi connectivity index (χ4v) is 2.90. The lowest BCUT2D eigenvalue weighted by atomic mass is 10.2. The number of anilines is 1. The number of fused-ring (bicyclic) bond motifs is 1. The quantitative estimate of drug-likeness (QED) is 0.429. The predicted molar refractivity (Wildman–Crippen MR) is 99.2 cm³/mol. The molecule has 1 amide bonds. The summed E-state index contributed by atoms with van der Waals surface area (Å²) in [5, 5.41) is 13.7. The van der Waals surface area contributed by atoms with E-state index in [4.69, 9.17) is 4.42 Å². The Morgan fingerprint density at radius 3 is 2.67 bits per heavy atom. The van der Waals surface area contributed by atoms with Crippen LogP contribution in [0.2, 0.25) is 0 Å². The molecule has 2 aromatic carbocycles. The lowest BCUT2D eigenvalue weighted by molar-refractivity contribution is -0.383. The average Bonchev–Trinajstić information content (AvgIpc) is 3.30. The van der Waals surface area contributed by atoms with Gasteiger partial charge in [0.05, 0.1) is 22.2 Å². The number of rotatable bonds is 5. The molecule has 8 nitrogen and oxygen atoms in total. The third-order valence-electron chi connectivity index (χ3n) is 4.07. The summed E-state index contributed by atoms with van der Waals surface area (Å²) in [5.74, 6) is 0.642. The number of nitrogens with one attached hydrogen (secondary N) is 1. The van der Waals surface area contributed by atoms with E-state index in [0.717, 1.165) is 11.0 Å². The molecule has 4 rings (SSSR count). The molecule has 1 N–H and O–H groups in total. The minimum absolute atomic E-state index is 0.0669. The number of carbonyl (C=O) groups excluding carboxylic acids is 1. The van der Waals surface area contributed by atoms with Gasteiger partial charge >= 0.3 is 0 Å². The molecular weight excluding hydrogens is 348 g/mol. The largest absolute Gasteiger partial charge is 0.461 e. The van der Waals surface area contributed by atoms with Crippen molar-refractivity contribution in [1.29, 1.82) is 0 Å². The van der Waals surface area contributed by atoms with Crippen molar-refractivity contribution in [2.24, 2.45) is 0 Å². The van der Waals surface area contributed by atoms with E-state index in [9.17, 15) is 14.9 Å². The van der Waals surface area contributed by atoms with Crippen LogP contribution in [0.25, 0.3) is 22.6 Å². The van der Waals surface area contributed by atoms with Gasteiger partial charge in [0.2, 0.25) is 5.91 Å². The normalized spacial score (nSPS) is 10.8. The van der Waals surface area contributed by atoms with Gasteiger partial charge in [-0.1, -0.05) is 24.3 Å². The van der Waals surface area contributed by atoms with Gasteiger partial charge in [-0.25, -0.2) is 4.98 Å². The number of carbonyl (C=O) groups is 1. The smallest absolute Gasteiger partial charge is 0.292 e. The summed E-state index contributed by atoms with van der Waals surface area (Å²) in [6.45, 7) is -0.0669. The van der Waals surface area contributed by atoms with Crippen molar-refractivity contribution < 1.29 is 14.1 Å². The van der Waals surface area contributed by atoms with Gasteiger partial charge in [-0.15, -0.1) is 0 Å². The minimum atomic E-state index is -0.531. The van der Waals surface area contributed by atoms with Crippen LogP contribution in [0.1, 0.15) is 0 Å². The van der Waals surface area contributed by atoms with Crippen LogP contribution in [0.3, 0.4) is 0 Å². The first-order chi connectivity index (χ1) is 13.1. The summed E-state index contributed by atoms with van der Waals surface area (Å²) in [6, 6.07) is 16.9. The zero-order valence-electron chi connectivity index (χ0n) is 14.0. The van der Waals surface area contributed by atoms with Crippen molar-refractivity contribution in [2.45, 2.75) is 6.54 Å². The summed E-state index contributed by atoms with van der Waals surface area (Å²) in [4.78, 5) is 27.7. The number of aromatic nitrogens is 2. The molecule has 8 heteroatoms. The molecule has 0 aliphatic rings. The first-order valence-electron chi connectivity index (χ1n) is 8.16. The van der Waals surface area contributed by atoms with Crippen LogP contribution in [0.15, 0.2) is 71.3 Å². The first-order valence-corrected chi connectivity index (χ1v) is 8.16. The Bertz CT molecular complexity index is 1130. The van der Waals surface area contributed by atoms with Gasteiger partial charge in [0.25, 0.3) is 5.69 Å². The molecule has 2 heterocycles. The standard InChI is InChI=1S/C19H14N4O4/c24-18(20-14-7-2-4-9-16(14)23(25)26)12-22-15-8-3-1-6-13(15)21-19(22)17-10-5-11-27-17/h1-11H,12H2,(H,20,24). The van der Waals surface area contributed by atoms with Gasteiger partial charge in [0.1, 0.15) is 12.2 Å². The highest BCUT2D eigenvalue weighted by atomic mass is 16.6. The van der Waals surface area contributed by atoms with Crippen molar-refractivity contribution in [3.63, 3.8) is 0 Å². The van der Waals surface area contributed by atoms with Gasteiger partial charge in [-0.05, 0) is 30.3 Å². The molecule has 0 fully saturated rings. The van der Waals surface area contributed by atoms with E-state index in [1.54, 1.807) is 28.8 Å². The molecule has 0 spiro atoms. The molecule has 2 aromatic heterocycles. The van der Waals surface area contributed by atoms with Gasteiger partial charge in [0, 0.05) is 6.07 Å². The minimum Gasteiger partial charge on any atom is -0.461 e. The van der Waals surface area contributed by atoms with E-state index in [-0.39, 0.29) is 17.9 Å². The Kier molecular flexibility index (Phi) is 4.13. The molecule has 0 atom stereocenters. The van der Waals surface area contributed by atoms with E-state index < -0.39 is 10.8 Å². The molecule has 0 aliphatic heterocycles. The highest BCUT2D eigenvalue weighted by Gasteiger charge is 2.19. The SMILES string of the molecule is O=C(Cn1c(-c2ccco2)nc2ccccc21)Nc1ccccc1[N+](=O)[O-]. The van der Waals surface area contributed by atoms with Crippen LogP contribution >= 0.6 is 0 Å². The fraction of sp³-hybridized carbons (Fsp3) is 0.0526. The lowest BCUT2D eigenvalue weighted by Crippen LogP contribution is -2.19. The number of furan rings is 1. The molecule has 0 saturated carbocycles. The van der Waals surface area contributed by atoms with Crippen LogP contribution in [-0.4, -0.2) is 20.4 Å². The maximum atomic E-state index is 12.6. The summed E-state index contributed by atoms with van der Waals surface area (Å²) < 4.78 is 7.16. The molecule has 134 valence electrons. The summed E-state index contributed by atoms with van der Waals surface area (Å²) >= 11 is 0. The van der Waals surface area contributed by atoms with Crippen LogP contribution in [0.5, 0.6) is 0 Å². The van der Waals surface area contributed by atoms with E-state index in [2.05, 4.69) is 10.3 Å². The molecule has 0 bridgehead atoms. The first kappa shape index (κ1) is 16.5. The van der Waals surface area contributed by atoms with E-state index in [0.29, 0.717) is 11.6 Å². The van der Waals surface area contributed by atoms with Crippen LogP contribution in [-0.2, 0) is 11.3 Å². The Labute approximate surface area is 153 Å². The number of nitrogens with zero attached hydrogens (tertiary/aromatic N) is 3. The third kappa shape index (κ3) is 3.15. The number of hydrogen-bond donors (Lipinski definition) is 1. The number of nitro groups is 1. The van der Waals surface area contributed by atoms with Gasteiger partial charge in [-0.3, -0.25) is 14.9 Å². The second kappa shape index (κ2) is 6.75. The Morgan fingerprint density at radius 2 is 1.89 bits per heavy atom. The van der Waals surface area contributed by atoms with Crippen molar-refractivity contribution in [1.82, 2.24) is 9.55 Å². The van der Waals surface area contributed by atoms with E-state index in [1.165, 1.54) is 18.4 Å². The van der Waals surface area contributed by atoms with Crippen molar-refractivity contribution in [2.75, 3.05) is 5.32 Å². The predicted octanol–water partition coefficient (Wildman–Crippen LogP) is 3.84. The Hall–Kier alpha value is -3.94. The highest BCUT2D eigenvalue weighted by Crippen LogP contribution is 2.26. The summed E-state index contributed by atoms with van der Waals surface area (Å²) in [7, 11) is 0. The average molecular weight is 362 g/mol. The van der Waals surface area contributed by atoms with Crippen LogP contribution in [0.4, 0.5) is 11.4 Å². The van der Waals surface area contributed by atoms with Crippen LogP contribution in [0, 0.1) is 10.1 Å². The van der Waals surface area contributed by atoms with Gasteiger partial charge in [0.15, 0.2) is 11.6 Å². The molecule has 4 aromatic rings. The molecular formula is C19H14N4O4. The zero-order chi connectivity index (χ0) is 18.8. The number of para-hydroxylation sites is 4. The Morgan fingerprint density at radius 1 is 1.11 bits per heavy atom. The van der Waals surface area contributed by atoms with Crippen molar-refractivity contribution in [3.05, 3.63) is 77.0 Å². The topological polar surface area (TPSA) is 103 Å². The number of imidazole rings is 1. The molecule has 27 heavy (non-hydrogen) atoms. The number of amides is 1. The van der Waals surface area contributed by atoms with Crippen molar-refractivity contribution >= 4 is 28.3 Å². The monoisotopic (exact) mass is 362 g/mol. The maximum Gasteiger partial charge on any atom is 0.292 e. The highest BCUT2D eigenvalue weighted by molar-refractivity contribution is 5.94. The number of benzene rings is 2. The van der Waals surface area contributed by atoms with Crippen LogP contribution < -0.4 is 5.32 Å².